The lowest BCUT2D eigenvalue weighted by Crippen LogP contribution is -2.31. The monoisotopic (exact) mass is 633 g/mol. The summed E-state index contributed by atoms with van der Waals surface area (Å²) in [6.07, 6.45) is 40.8. The first-order chi connectivity index (χ1) is 22.3. The summed E-state index contributed by atoms with van der Waals surface area (Å²) in [7, 11) is 0. The maximum absolute atomic E-state index is 5.77. The fourth-order valence-corrected chi connectivity index (χ4v) is 5.85. The number of nitrogens with zero attached hydrogens (tertiary/aromatic N) is 4. The van der Waals surface area contributed by atoms with E-state index in [2.05, 4.69) is 69.6 Å². The van der Waals surface area contributed by atoms with Gasteiger partial charge >= 0.3 is 0 Å². The number of hydrogen-bond donors (Lipinski definition) is 0. The van der Waals surface area contributed by atoms with Gasteiger partial charge < -0.3 is 14.2 Å². The van der Waals surface area contributed by atoms with Crippen LogP contribution >= 0.6 is 0 Å². The van der Waals surface area contributed by atoms with Crippen molar-refractivity contribution in [1.29, 1.82) is 0 Å². The van der Waals surface area contributed by atoms with E-state index >= 15 is 0 Å². The molecule has 0 saturated carbocycles. The van der Waals surface area contributed by atoms with Crippen molar-refractivity contribution in [3.8, 4) is 0 Å². The SMILES string of the molecule is CCCCCCCCCCCC[n+]1ccn(CCOCCOCCOCCn2cc[n+](CCCCCCCCCCCC)c2)c1. The predicted molar refractivity (Wildman–Crippen MR) is 185 cm³/mol. The largest absolute Gasteiger partial charge is 0.377 e. The average molecular weight is 633 g/mol. The van der Waals surface area contributed by atoms with E-state index in [1.54, 1.807) is 0 Å². The number of ether oxygens (including phenoxy) is 3. The molecule has 2 aromatic heterocycles. The molecule has 0 unspecified atom stereocenters. The molecule has 2 heterocycles. The third-order valence-corrected chi connectivity index (χ3v) is 8.76. The molecule has 0 spiro atoms. The maximum atomic E-state index is 5.77. The van der Waals surface area contributed by atoms with Gasteiger partial charge in [0.15, 0.2) is 0 Å². The van der Waals surface area contributed by atoms with Gasteiger partial charge in [0, 0.05) is 0 Å². The zero-order chi connectivity index (χ0) is 31.9. The van der Waals surface area contributed by atoms with E-state index < -0.39 is 0 Å². The van der Waals surface area contributed by atoms with Gasteiger partial charge in [0.25, 0.3) is 0 Å². The van der Waals surface area contributed by atoms with Crippen LogP contribution in [0.1, 0.15) is 142 Å². The summed E-state index contributed by atoms with van der Waals surface area (Å²) >= 11 is 0. The zero-order valence-corrected chi connectivity index (χ0v) is 29.7. The van der Waals surface area contributed by atoms with Crippen molar-refractivity contribution >= 4 is 0 Å². The Bertz CT molecular complexity index is 814. The zero-order valence-electron chi connectivity index (χ0n) is 29.7. The van der Waals surface area contributed by atoms with Crippen LogP contribution in [-0.2, 0) is 40.4 Å². The highest BCUT2D eigenvalue weighted by atomic mass is 16.5. The minimum absolute atomic E-state index is 0.615. The van der Waals surface area contributed by atoms with Gasteiger partial charge in [0.1, 0.15) is 37.9 Å². The standard InChI is InChI=1S/C38H72N4O3/c1-3-5-7-9-11-13-15-17-19-21-23-39-25-27-41(37-39)29-31-43-33-35-45-36-34-44-32-30-42-28-26-40(38-42)24-22-20-18-16-14-12-10-8-6-4-2/h25-28,37-38H,3-24,29-36H2,1-2H3/q+2. The fourth-order valence-electron chi connectivity index (χ4n) is 5.85. The van der Waals surface area contributed by atoms with Crippen molar-refractivity contribution in [2.45, 2.75) is 168 Å². The third-order valence-electron chi connectivity index (χ3n) is 8.76. The number of aromatic nitrogens is 4. The van der Waals surface area contributed by atoms with Gasteiger partial charge in [-0.05, 0) is 25.7 Å². The summed E-state index contributed by atoms with van der Waals surface area (Å²) in [6, 6.07) is 0. The van der Waals surface area contributed by atoms with Crippen LogP contribution in [0.25, 0.3) is 0 Å². The second-order valence-electron chi connectivity index (χ2n) is 13.0. The quantitative estimate of drug-likeness (QED) is 0.0575. The van der Waals surface area contributed by atoms with Crippen LogP contribution in [0.2, 0.25) is 0 Å². The molecule has 260 valence electrons. The summed E-state index contributed by atoms with van der Waals surface area (Å²) in [5, 5.41) is 0. The molecule has 0 bridgehead atoms. The molecule has 0 saturated heterocycles. The number of hydrogen-bond acceptors (Lipinski definition) is 3. The summed E-state index contributed by atoms with van der Waals surface area (Å²) in [4.78, 5) is 0. The van der Waals surface area contributed by atoms with Crippen molar-refractivity contribution in [1.82, 2.24) is 9.13 Å². The molecular formula is C38H72N4O3+2. The molecular weight excluding hydrogens is 560 g/mol. The molecule has 0 N–H and O–H groups in total. The van der Waals surface area contributed by atoms with Gasteiger partial charge in [-0.2, -0.15) is 0 Å². The second kappa shape index (κ2) is 29.7. The van der Waals surface area contributed by atoms with E-state index in [9.17, 15) is 0 Å². The molecule has 2 rings (SSSR count). The van der Waals surface area contributed by atoms with E-state index in [1.165, 1.54) is 128 Å². The highest BCUT2D eigenvalue weighted by molar-refractivity contribution is 4.67. The van der Waals surface area contributed by atoms with Crippen LogP contribution in [0, 0.1) is 0 Å². The van der Waals surface area contributed by atoms with Gasteiger partial charge in [0.2, 0.25) is 12.7 Å². The first kappa shape index (κ1) is 39.5. The Hall–Kier alpha value is -1.70. The number of aryl methyl sites for hydroxylation is 2. The predicted octanol–water partition coefficient (Wildman–Crippen LogP) is 8.46. The molecule has 2 aromatic rings. The molecule has 0 radical (unpaired) electrons. The first-order valence-corrected chi connectivity index (χ1v) is 19.1. The summed E-state index contributed by atoms with van der Waals surface area (Å²) in [5.74, 6) is 0. The van der Waals surface area contributed by atoms with Crippen LogP contribution in [0.5, 0.6) is 0 Å². The molecule has 7 heteroatoms. The van der Waals surface area contributed by atoms with Gasteiger partial charge in [0.05, 0.1) is 52.7 Å². The highest BCUT2D eigenvalue weighted by Crippen LogP contribution is 2.11. The Labute approximate surface area is 277 Å². The van der Waals surface area contributed by atoms with Crippen molar-refractivity contribution in [3.63, 3.8) is 0 Å². The van der Waals surface area contributed by atoms with Crippen LogP contribution in [0.15, 0.2) is 37.4 Å². The summed E-state index contributed by atoms with van der Waals surface area (Å²) in [5.41, 5.74) is 0. The Morgan fingerprint density at radius 3 is 1.07 bits per heavy atom. The topological polar surface area (TPSA) is 45.3 Å². The molecule has 0 aliphatic rings. The van der Waals surface area contributed by atoms with E-state index in [1.807, 2.05) is 0 Å². The number of unbranched alkanes of at least 4 members (excludes halogenated alkanes) is 18. The maximum Gasteiger partial charge on any atom is 0.243 e. The molecule has 0 atom stereocenters. The van der Waals surface area contributed by atoms with Crippen molar-refractivity contribution in [2.75, 3.05) is 39.6 Å². The summed E-state index contributed by atoms with van der Waals surface area (Å²) < 4.78 is 26.3. The van der Waals surface area contributed by atoms with E-state index in [4.69, 9.17) is 14.2 Å². The van der Waals surface area contributed by atoms with Crippen molar-refractivity contribution < 1.29 is 23.3 Å². The Morgan fingerprint density at radius 1 is 0.400 bits per heavy atom. The van der Waals surface area contributed by atoms with Crippen molar-refractivity contribution in [2.24, 2.45) is 0 Å². The van der Waals surface area contributed by atoms with Gasteiger partial charge in [-0.3, -0.25) is 0 Å². The Balaban J connectivity index is 1.31. The third kappa shape index (κ3) is 23.3. The van der Waals surface area contributed by atoms with Crippen molar-refractivity contribution in [3.05, 3.63) is 37.4 Å². The van der Waals surface area contributed by atoms with Gasteiger partial charge in [-0.1, -0.05) is 117 Å². The van der Waals surface area contributed by atoms with E-state index in [0.29, 0.717) is 39.6 Å². The number of imidazole rings is 2. The van der Waals surface area contributed by atoms with E-state index in [0.717, 1.165) is 26.2 Å². The molecule has 0 aliphatic carbocycles. The fraction of sp³-hybridized carbons (Fsp3) is 0.842. The minimum atomic E-state index is 0.615. The average Bonchev–Trinajstić information content (AvgIpc) is 3.71. The summed E-state index contributed by atoms with van der Waals surface area (Å²) in [6.45, 7) is 12.5. The molecule has 0 aliphatic heterocycles. The van der Waals surface area contributed by atoms with Gasteiger partial charge in [-0.15, -0.1) is 0 Å². The van der Waals surface area contributed by atoms with Crippen LogP contribution in [0.4, 0.5) is 0 Å². The molecule has 0 aromatic carbocycles. The lowest BCUT2D eigenvalue weighted by Gasteiger charge is -2.06. The van der Waals surface area contributed by atoms with Crippen LogP contribution < -0.4 is 9.13 Å². The van der Waals surface area contributed by atoms with Gasteiger partial charge in [-0.25, -0.2) is 18.3 Å². The molecule has 0 fully saturated rings. The lowest BCUT2D eigenvalue weighted by atomic mass is 10.1. The second-order valence-corrected chi connectivity index (χ2v) is 13.0. The number of rotatable bonds is 34. The van der Waals surface area contributed by atoms with Crippen LogP contribution in [-0.4, -0.2) is 48.8 Å². The first-order valence-electron chi connectivity index (χ1n) is 19.1. The Kier molecular flexibility index (Phi) is 26.0. The lowest BCUT2D eigenvalue weighted by molar-refractivity contribution is -0.697. The smallest absolute Gasteiger partial charge is 0.243 e. The molecule has 45 heavy (non-hydrogen) atoms. The van der Waals surface area contributed by atoms with E-state index in [-0.39, 0.29) is 0 Å². The minimum Gasteiger partial charge on any atom is -0.377 e. The normalized spacial score (nSPS) is 11.6. The highest BCUT2D eigenvalue weighted by Gasteiger charge is 2.05. The van der Waals surface area contributed by atoms with Crippen LogP contribution in [0.3, 0.4) is 0 Å². The molecule has 0 amide bonds. The Morgan fingerprint density at radius 2 is 0.711 bits per heavy atom. The molecule has 7 nitrogen and oxygen atoms in total.